The Morgan fingerprint density at radius 3 is 3.04 bits per heavy atom. The van der Waals surface area contributed by atoms with Gasteiger partial charge in [0.15, 0.2) is 5.82 Å². The van der Waals surface area contributed by atoms with Gasteiger partial charge < -0.3 is 14.0 Å². The molecule has 1 aliphatic heterocycles. The lowest BCUT2D eigenvalue weighted by molar-refractivity contribution is 0.114. The first-order valence-electron chi connectivity index (χ1n) is 8.01. The predicted molar refractivity (Wildman–Crippen MR) is 87.0 cm³/mol. The first-order chi connectivity index (χ1) is 11.3. The summed E-state index contributed by atoms with van der Waals surface area (Å²) in [4.78, 5) is 9.31. The van der Waals surface area contributed by atoms with Crippen LogP contribution in [0.4, 0.5) is 0 Å². The molecule has 3 rings (SSSR count). The van der Waals surface area contributed by atoms with Crippen molar-refractivity contribution in [1.29, 1.82) is 0 Å². The lowest BCUT2D eigenvalue weighted by Crippen LogP contribution is -2.22. The molecular weight excluding hydrogens is 314 g/mol. The van der Waals surface area contributed by atoms with Crippen molar-refractivity contribution in [2.45, 2.75) is 45.6 Å². The van der Waals surface area contributed by atoms with E-state index in [1.165, 1.54) is 16.2 Å². The summed E-state index contributed by atoms with van der Waals surface area (Å²) in [5, 5.41) is 3.91. The summed E-state index contributed by atoms with van der Waals surface area (Å²) in [5.74, 6) is 1.23. The van der Waals surface area contributed by atoms with Crippen LogP contribution in [-0.4, -0.2) is 35.3 Å². The van der Waals surface area contributed by atoms with E-state index in [9.17, 15) is 0 Å². The monoisotopic (exact) mass is 337 g/mol. The largest absolute Gasteiger partial charge is 0.377 e. The minimum absolute atomic E-state index is 0.302. The van der Waals surface area contributed by atoms with Crippen LogP contribution in [0, 0.1) is 0 Å². The van der Waals surface area contributed by atoms with Gasteiger partial charge in [-0.3, -0.25) is 4.90 Å². The van der Waals surface area contributed by atoms with Gasteiger partial charge >= 0.3 is 0 Å². The normalized spacial score (nSPS) is 18.1. The summed E-state index contributed by atoms with van der Waals surface area (Å²) >= 11 is 1.84. The van der Waals surface area contributed by atoms with Gasteiger partial charge in [-0.05, 0) is 31.5 Å². The summed E-state index contributed by atoms with van der Waals surface area (Å²) in [6, 6.07) is 4.40. The van der Waals surface area contributed by atoms with Crippen LogP contribution in [0.5, 0.6) is 0 Å². The van der Waals surface area contributed by atoms with Crippen molar-refractivity contribution in [3.63, 3.8) is 0 Å². The van der Waals surface area contributed by atoms with Crippen LogP contribution < -0.4 is 0 Å². The molecule has 1 atom stereocenters. The van der Waals surface area contributed by atoms with Crippen molar-refractivity contribution in [2.24, 2.45) is 0 Å². The maximum atomic E-state index is 5.76. The molecule has 6 nitrogen and oxygen atoms in total. The fraction of sp³-hybridized carbons (Fsp3) is 0.625. The summed E-state index contributed by atoms with van der Waals surface area (Å²) in [7, 11) is 1.62. The Hall–Kier alpha value is -1.28. The number of hydrogen-bond donors (Lipinski definition) is 0. The molecule has 1 aliphatic rings. The second-order valence-corrected chi connectivity index (χ2v) is 6.85. The van der Waals surface area contributed by atoms with E-state index < -0.39 is 0 Å². The Morgan fingerprint density at radius 2 is 2.30 bits per heavy atom. The van der Waals surface area contributed by atoms with E-state index in [1.807, 2.05) is 11.3 Å². The number of nitrogens with zero attached hydrogens (tertiary/aromatic N) is 3. The maximum absolute atomic E-state index is 5.76. The number of rotatable bonds is 8. The van der Waals surface area contributed by atoms with Crippen LogP contribution in [-0.2, 0) is 29.2 Å². The van der Waals surface area contributed by atoms with Crippen LogP contribution in [0.3, 0.4) is 0 Å². The molecule has 0 N–H and O–H groups in total. The smallest absolute Gasteiger partial charge is 0.240 e. The van der Waals surface area contributed by atoms with Crippen LogP contribution in [0.2, 0.25) is 0 Å². The molecular formula is C16H23N3O3S. The second-order valence-electron chi connectivity index (χ2n) is 5.65. The summed E-state index contributed by atoms with van der Waals surface area (Å²) in [6.45, 7) is 5.87. The number of ether oxygens (including phenoxy) is 2. The van der Waals surface area contributed by atoms with Gasteiger partial charge in [0.2, 0.25) is 5.89 Å². The third-order valence-electron chi connectivity index (χ3n) is 3.90. The van der Waals surface area contributed by atoms with Gasteiger partial charge in [-0.15, -0.1) is 11.3 Å². The van der Waals surface area contributed by atoms with Crippen molar-refractivity contribution >= 4 is 11.3 Å². The highest BCUT2D eigenvalue weighted by Crippen LogP contribution is 2.33. The highest BCUT2D eigenvalue weighted by Gasteiger charge is 2.20. The lowest BCUT2D eigenvalue weighted by atomic mass is 10.2. The second kappa shape index (κ2) is 8.01. The Kier molecular flexibility index (Phi) is 5.77. The average molecular weight is 337 g/mol. The molecule has 1 saturated heterocycles. The fourth-order valence-electron chi connectivity index (χ4n) is 2.69. The van der Waals surface area contributed by atoms with E-state index >= 15 is 0 Å². The molecule has 0 spiro atoms. The Labute approximate surface area is 140 Å². The lowest BCUT2D eigenvalue weighted by Gasteiger charge is -2.17. The molecule has 126 valence electrons. The van der Waals surface area contributed by atoms with E-state index in [0.717, 1.165) is 26.1 Å². The maximum Gasteiger partial charge on any atom is 0.240 e. The quantitative estimate of drug-likeness (QED) is 0.737. The molecule has 1 fully saturated rings. The Balaban J connectivity index is 1.57. The molecule has 7 heteroatoms. The highest BCUT2D eigenvalue weighted by molar-refractivity contribution is 7.12. The van der Waals surface area contributed by atoms with Crippen molar-refractivity contribution in [3.05, 3.63) is 33.6 Å². The van der Waals surface area contributed by atoms with Crippen molar-refractivity contribution in [2.75, 3.05) is 20.3 Å². The van der Waals surface area contributed by atoms with Crippen molar-refractivity contribution < 1.29 is 14.0 Å². The van der Waals surface area contributed by atoms with Crippen molar-refractivity contribution in [3.8, 4) is 0 Å². The molecule has 0 aliphatic carbocycles. The zero-order valence-corrected chi connectivity index (χ0v) is 14.5. The van der Waals surface area contributed by atoms with Gasteiger partial charge in [-0.1, -0.05) is 12.1 Å². The average Bonchev–Trinajstić information content (AvgIpc) is 3.28. The van der Waals surface area contributed by atoms with Gasteiger partial charge in [0.25, 0.3) is 0 Å². The Morgan fingerprint density at radius 1 is 1.39 bits per heavy atom. The van der Waals surface area contributed by atoms with E-state index in [-0.39, 0.29) is 0 Å². The molecule has 0 bridgehead atoms. The molecule has 0 amide bonds. The molecule has 0 radical (unpaired) electrons. The molecule has 0 saturated carbocycles. The van der Waals surface area contributed by atoms with Crippen LogP contribution in [0.15, 0.2) is 16.7 Å². The zero-order valence-electron chi connectivity index (χ0n) is 13.7. The van der Waals surface area contributed by atoms with Crippen LogP contribution in [0.25, 0.3) is 0 Å². The SMILES string of the molecule is CCN(Cc1nc(COC)no1)Cc1ccc(C2CCCO2)s1. The number of methoxy groups -OCH3 is 1. The molecule has 0 aromatic carbocycles. The molecule has 2 aromatic rings. The van der Waals surface area contributed by atoms with E-state index in [2.05, 4.69) is 34.1 Å². The standard InChI is InChI=1S/C16H23N3O3S/c1-3-19(10-16-17-15(11-20-2)18-22-16)9-12-6-7-14(23-12)13-5-4-8-21-13/h6-7,13H,3-5,8-11H2,1-2H3. The summed E-state index contributed by atoms with van der Waals surface area (Å²) in [6.07, 6.45) is 2.61. The number of hydrogen-bond acceptors (Lipinski definition) is 7. The fourth-order valence-corrected chi connectivity index (χ4v) is 3.83. The van der Waals surface area contributed by atoms with Gasteiger partial charge in [-0.2, -0.15) is 4.98 Å². The minimum Gasteiger partial charge on any atom is -0.377 e. The summed E-state index contributed by atoms with van der Waals surface area (Å²) < 4.78 is 16.0. The van der Waals surface area contributed by atoms with E-state index in [0.29, 0.717) is 31.0 Å². The van der Waals surface area contributed by atoms with Gasteiger partial charge in [0.1, 0.15) is 6.61 Å². The molecule has 23 heavy (non-hydrogen) atoms. The molecule has 3 heterocycles. The first-order valence-corrected chi connectivity index (χ1v) is 8.83. The highest BCUT2D eigenvalue weighted by atomic mass is 32.1. The van der Waals surface area contributed by atoms with Gasteiger partial charge in [0.05, 0.1) is 12.6 Å². The van der Waals surface area contributed by atoms with Crippen molar-refractivity contribution in [1.82, 2.24) is 15.0 Å². The molecule has 2 aromatic heterocycles. The van der Waals surface area contributed by atoms with E-state index in [4.69, 9.17) is 14.0 Å². The predicted octanol–water partition coefficient (Wildman–Crippen LogP) is 3.15. The summed E-state index contributed by atoms with van der Waals surface area (Å²) in [5.41, 5.74) is 0. The molecule has 1 unspecified atom stereocenters. The first kappa shape index (κ1) is 16.6. The number of aromatic nitrogens is 2. The third-order valence-corrected chi connectivity index (χ3v) is 5.06. The number of thiophene rings is 1. The zero-order chi connectivity index (χ0) is 16.1. The van der Waals surface area contributed by atoms with Crippen LogP contribution >= 0.6 is 11.3 Å². The van der Waals surface area contributed by atoms with Gasteiger partial charge in [0, 0.05) is 30.0 Å². The van der Waals surface area contributed by atoms with E-state index in [1.54, 1.807) is 7.11 Å². The van der Waals surface area contributed by atoms with Crippen LogP contribution in [0.1, 0.15) is 47.3 Å². The Bertz CT molecular complexity index is 607. The topological polar surface area (TPSA) is 60.6 Å². The minimum atomic E-state index is 0.302. The third kappa shape index (κ3) is 4.38. The van der Waals surface area contributed by atoms with Gasteiger partial charge in [-0.25, -0.2) is 0 Å².